The molecule has 0 aliphatic carbocycles. The van der Waals surface area contributed by atoms with E-state index < -0.39 is 6.04 Å². The molecule has 6 nitrogen and oxygen atoms in total. The first kappa shape index (κ1) is 18.3. The molecule has 1 saturated heterocycles. The number of hydrogen-bond acceptors (Lipinski definition) is 4. The van der Waals surface area contributed by atoms with Crippen LogP contribution in [0.25, 0.3) is 0 Å². The quantitative estimate of drug-likeness (QED) is 0.883. The lowest BCUT2D eigenvalue weighted by Crippen LogP contribution is -2.48. The van der Waals surface area contributed by atoms with Crippen LogP contribution in [0.15, 0.2) is 24.3 Å². The average Bonchev–Trinajstić information content (AvgIpc) is 3.04. The van der Waals surface area contributed by atoms with Gasteiger partial charge in [-0.3, -0.25) is 14.4 Å². The molecule has 1 fully saturated rings. The fourth-order valence-corrected chi connectivity index (χ4v) is 3.84. The Morgan fingerprint density at radius 3 is 2.62 bits per heavy atom. The molecule has 1 aromatic carbocycles. The summed E-state index contributed by atoms with van der Waals surface area (Å²) in [7, 11) is 0. The minimum Gasteiger partial charge on any atom is -0.341 e. The molecule has 1 heterocycles. The van der Waals surface area contributed by atoms with Crippen LogP contribution in [0.3, 0.4) is 0 Å². The highest BCUT2D eigenvalue weighted by Gasteiger charge is 2.36. The number of benzene rings is 1. The standard InChI is InChI=1S/C17H23N3O3S/c1-4-19(5-2)17(23)15-10-24-11-20(15)16(22)13-7-6-8-14(9-13)18-12(3)21/h6-9,15H,4-5,10-11H2,1-3H3,(H,18,21)/t15-/m0/s1. The van der Waals surface area contributed by atoms with Crippen LogP contribution in [-0.4, -0.2) is 58.3 Å². The van der Waals surface area contributed by atoms with Crippen molar-refractivity contribution >= 4 is 35.2 Å². The van der Waals surface area contributed by atoms with Gasteiger partial charge >= 0.3 is 0 Å². The number of hydrogen-bond donors (Lipinski definition) is 1. The van der Waals surface area contributed by atoms with Gasteiger partial charge in [-0.2, -0.15) is 0 Å². The Morgan fingerprint density at radius 2 is 2.00 bits per heavy atom. The maximum Gasteiger partial charge on any atom is 0.255 e. The van der Waals surface area contributed by atoms with Crippen molar-refractivity contribution in [1.82, 2.24) is 9.80 Å². The molecule has 1 aliphatic heterocycles. The molecule has 24 heavy (non-hydrogen) atoms. The maximum absolute atomic E-state index is 12.8. The molecule has 0 unspecified atom stereocenters. The summed E-state index contributed by atoms with van der Waals surface area (Å²) in [6.45, 7) is 6.57. The second-order valence-corrected chi connectivity index (χ2v) is 6.56. The second kappa shape index (κ2) is 8.19. The van der Waals surface area contributed by atoms with Crippen LogP contribution >= 0.6 is 11.8 Å². The van der Waals surface area contributed by atoms with E-state index in [1.807, 2.05) is 13.8 Å². The Bertz CT molecular complexity index is 631. The molecule has 0 aromatic heterocycles. The van der Waals surface area contributed by atoms with Crippen molar-refractivity contribution in [2.24, 2.45) is 0 Å². The van der Waals surface area contributed by atoms with Crippen molar-refractivity contribution in [3.63, 3.8) is 0 Å². The van der Waals surface area contributed by atoms with E-state index in [4.69, 9.17) is 0 Å². The largest absolute Gasteiger partial charge is 0.341 e. The first-order chi connectivity index (χ1) is 11.5. The lowest BCUT2D eigenvalue weighted by molar-refractivity contribution is -0.134. The van der Waals surface area contributed by atoms with Gasteiger partial charge in [0.25, 0.3) is 5.91 Å². The van der Waals surface area contributed by atoms with Crippen LogP contribution in [0.2, 0.25) is 0 Å². The van der Waals surface area contributed by atoms with Gasteiger partial charge in [0.1, 0.15) is 6.04 Å². The van der Waals surface area contributed by atoms with E-state index in [0.717, 1.165) is 0 Å². The van der Waals surface area contributed by atoms with Gasteiger partial charge in [0.2, 0.25) is 11.8 Å². The molecular weight excluding hydrogens is 326 g/mol. The number of carbonyl (C=O) groups excluding carboxylic acids is 3. The average molecular weight is 349 g/mol. The van der Waals surface area contributed by atoms with Gasteiger partial charge in [0, 0.05) is 37.0 Å². The monoisotopic (exact) mass is 349 g/mol. The summed E-state index contributed by atoms with van der Waals surface area (Å²) < 4.78 is 0. The molecular formula is C17H23N3O3S. The number of nitrogens with one attached hydrogen (secondary N) is 1. The molecule has 2 rings (SSSR count). The van der Waals surface area contributed by atoms with E-state index in [0.29, 0.717) is 36.0 Å². The molecule has 0 radical (unpaired) electrons. The first-order valence-corrected chi connectivity index (χ1v) is 9.18. The summed E-state index contributed by atoms with van der Waals surface area (Å²) in [6, 6.07) is 6.38. The Kier molecular flexibility index (Phi) is 6.25. The first-order valence-electron chi connectivity index (χ1n) is 8.03. The van der Waals surface area contributed by atoms with E-state index in [1.165, 1.54) is 6.92 Å². The number of rotatable bonds is 5. The van der Waals surface area contributed by atoms with Gasteiger partial charge in [-0.1, -0.05) is 6.07 Å². The zero-order valence-electron chi connectivity index (χ0n) is 14.2. The van der Waals surface area contributed by atoms with E-state index in [-0.39, 0.29) is 17.7 Å². The molecule has 1 atom stereocenters. The Labute approximate surface area is 146 Å². The molecule has 0 spiro atoms. The fraction of sp³-hybridized carbons (Fsp3) is 0.471. The number of carbonyl (C=O) groups is 3. The molecule has 7 heteroatoms. The minimum absolute atomic E-state index is 0.00337. The van der Waals surface area contributed by atoms with Gasteiger partial charge < -0.3 is 15.1 Å². The maximum atomic E-state index is 12.8. The third kappa shape index (κ3) is 4.08. The Morgan fingerprint density at radius 1 is 1.29 bits per heavy atom. The van der Waals surface area contributed by atoms with Crippen LogP contribution in [0.4, 0.5) is 5.69 Å². The van der Waals surface area contributed by atoms with Crippen molar-refractivity contribution in [2.45, 2.75) is 26.8 Å². The molecule has 0 saturated carbocycles. The predicted octanol–water partition coefficient (Wildman–Crippen LogP) is 2.03. The van der Waals surface area contributed by atoms with Crippen LogP contribution in [0.5, 0.6) is 0 Å². The topological polar surface area (TPSA) is 69.7 Å². The van der Waals surface area contributed by atoms with E-state index in [1.54, 1.807) is 45.8 Å². The number of amides is 3. The fourth-order valence-electron chi connectivity index (χ4n) is 2.69. The van der Waals surface area contributed by atoms with Crippen molar-refractivity contribution < 1.29 is 14.4 Å². The van der Waals surface area contributed by atoms with Gasteiger partial charge in [-0.05, 0) is 32.0 Å². The molecule has 3 amide bonds. The highest BCUT2D eigenvalue weighted by molar-refractivity contribution is 7.99. The third-order valence-electron chi connectivity index (χ3n) is 3.93. The summed E-state index contributed by atoms with van der Waals surface area (Å²) in [5.74, 6) is 0.743. The Hall–Kier alpha value is -2.02. The second-order valence-electron chi connectivity index (χ2n) is 5.56. The summed E-state index contributed by atoms with van der Waals surface area (Å²) in [5, 5.41) is 2.67. The van der Waals surface area contributed by atoms with Gasteiger partial charge in [0.15, 0.2) is 0 Å². The van der Waals surface area contributed by atoms with E-state index in [2.05, 4.69) is 5.32 Å². The number of nitrogens with zero attached hydrogens (tertiary/aromatic N) is 2. The third-order valence-corrected chi connectivity index (χ3v) is 4.95. The lowest BCUT2D eigenvalue weighted by atomic mass is 10.1. The van der Waals surface area contributed by atoms with Gasteiger partial charge in [-0.15, -0.1) is 11.8 Å². The van der Waals surface area contributed by atoms with Gasteiger partial charge in [-0.25, -0.2) is 0 Å². The normalized spacial score (nSPS) is 16.8. The molecule has 1 N–H and O–H groups in total. The SMILES string of the molecule is CCN(CC)C(=O)[C@@H]1CSCN1C(=O)c1cccc(NC(C)=O)c1. The van der Waals surface area contributed by atoms with Crippen LogP contribution in [0.1, 0.15) is 31.1 Å². The molecule has 0 bridgehead atoms. The zero-order chi connectivity index (χ0) is 17.7. The molecule has 1 aromatic rings. The highest BCUT2D eigenvalue weighted by atomic mass is 32.2. The van der Waals surface area contributed by atoms with E-state index in [9.17, 15) is 14.4 Å². The minimum atomic E-state index is -0.424. The van der Waals surface area contributed by atoms with Crippen LogP contribution < -0.4 is 5.32 Å². The van der Waals surface area contributed by atoms with E-state index >= 15 is 0 Å². The summed E-state index contributed by atoms with van der Waals surface area (Å²) in [4.78, 5) is 40.0. The molecule has 130 valence electrons. The van der Waals surface area contributed by atoms with Crippen molar-refractivity contribution in [3.8, 4) is 0 Å². The Balaban J connectivity index is 2.19. The number of likely N-dealkylation sites (N-methyl/N-ethyl adjacent to an activating group) is 1. The zero-order valence-corrected chi connectivity index (χ0v) is 15.1. The van der Waals surface area contributed by atoms with Crippen LogP contribution in [-0.2, 0) is 9.59 Å². The smallest absolute Gasteiger partial charge is 0.255 e. The highest BCUT2D eigenvalue weighted by Crippen LogP contribution is 2.25. The van der Waals surface area contributed by atoms with Crippen molar-refractivity contribution in [1.29, 1.82) is 0 Å². The molecule has 1 aliphatic rings. The number of anilines is 1. The van der Waals surface area contributed by atoms with Gasteiger partial charge in [0.05, 0.1) is 5.88 Å². The summed E-state index contributed by atoms with van der Waals surface area (Å²) in [5.41, 5.74) is 1.05. The summed E-state index contributed by atoms with van der Waals surface area (Å²) in [6.07, 6.45) is 0. The number of thioether (sulfide) groups is 1. The lowest BCUT2D eigenvalue weighted by Gasteiger charge is -2.28. The summed E-state index contributed by atoms with van der Waals surface area (Å²) >= 11 is 1.58. The van der Waals surface area contributed by atoms with Crippen molar-refractivity contribution in [3.05, 3.63) is 29.8 Å². The van der Waals surface area contributed by atoms with Crippen molar-refractivity contribution in [2.75, 3.05) is 30.0 Å². The predicted molar refractivity (Wildman–Crippen MR) is 96.0 cm³/mol. The van der Waals surface area contributed by atoms with Crippen LogP contribution in [0, 0.1) is 0 Å².